The molecule has 12 heteroatoms. The van der Waals surface area contributed by atoms with Crippen LogP contribution in [0, 0.1) is 5.92 Å². The molecule has 1 aliphatic rings. The minimum Gasteiger partial charge on any atom is -0.457 e. The zero-order valence-electron chi connectivity index (χ0n) is 22.6. The molecule has 5 N–H and O–H groups in total. The van der Waals surface area contributed by atoms with Crippen molar-refractivity contribution in [1.82, 2.24) is 20.9 Å². The van der Waals surface area contributed by atoms with Crippen LogP contribution in [0.5, 0.6) is 0 Å². The van der Waals surface area contributed by atoms with Crippen molar-refractivity contribution in [2.45, 2.75) is 69.9 Å². The van der Waals surface area contributed by atoms with Crippen LogP contribution in [0.3, 0.4) is 0 Å². The molecule has 0 unspecified atom stereocenters. The Morgan fingerprint density at radius 1 is 1.02 bits per heavy atom. The summed E-state index contributed by atoms with van der Waals surface area (Å²) in [6.07, 6.45) is 3.10. The number of ether oxygens (including phenoxy) is 1. The van der Waals surface area contributed by atoms with E-state index in [1.807, 2.05) is 24.3 Å². The Morgan fingerprint density at radius 3 is 2.45 bits per heavy atom. The Labute approximate surface area is 244 Å². The lowest BCUT2D eigenvalue weighted by atomic mass is 9.96. The van der Waals surface area contributed by atoms with E-state index in [-0.39, 0.29) is 30.9 Å². The van der Waals surface area contributed by atoms with Gasteiger partial charge in [-0.1, -0.05) is 38.1 Å². The molecular formula is C28H38N4O6S2. The normalized spacial score (nSPS) is 25.7. The van der Waals surface area contributed by atoms with Crippen LogP contribution in [0.1, 0.15) is 38.7 Å². The summed E-state index contributed by atoms with van der Waals surface area (Å²) in [5.41, 5.74) is 1.69. The van der Waals surface area contributed by atoms with Crippen molar-refractivity contribution in [3.8, 4) is 0 Å². The van der Waals surface area contributed by atoms with Crippen LogP contribution in [0.15, 0.2) is 42.6 Å². The second kappa shape index (κ2) is 15.2. The predicted molar refractivity (Wildman–Crippen MR) is 159 cm³/mol. The fraction of sp³-hybridized carbons (Fsp3) is 0.500. The maximum absolute atomic E-state index is 13.5. The third-order valence-electron chi connectivity index (χ3n) is 6.70. The Kier molecular flexibility index (Phi) is 12.0. The van der Waals surface area contributed by atoms with Gasteiger partial charge in [0.2, 0.25) is 17.7 Å². The second-order valence-electron chi connectivity index (χ2n) is 10.2. The minimum absolute atomic E-state index is 0.0215. The van der Waals surface area contributed by atoms with Gasteiger partial charge in [-0.25, -0.2) is 0 Å². The molecule has 1 fully saturated rings. The van der Waals surface area contributed by atoms with E-state index in [4.69, 9.17) is 4.74 Å². The van der Waals surface area contributed by atoms with Gasteiger partial charge in [0.15, 0.2) is 0 Å². The zero-order chi connectivity index (χ0) is 29.2. The molecule has 1 aromatic heterocycles. The largest absolute Gasteiger partial charge is 0.457 e. The number of thiol groups is 2. The molecule has 10 nitrogen and oxygen atoms in total. The zero-order valence-corrected chi connectivity index (χ0v) is 24.4. The minimum atomic E-state index is -1.25. The fourth-order valence-electron chi connectivity index (χ4n) is 4.59. The van der Waals surface area contributed by atoms with Crippen LogP contribution >= 0.6 is 25.3 Å². The Hall–Kier alpha value is -2.96. The number of nitrogens with one attached hydrogen (secondary N) is 4. The number of fused-ring (bicyclic) bond motifs is 1. The molecule has 1 aromatic carbocycles. The number of carbonyl (C=O) groups excluding carboxylic acids is 4. The summed E-state index contributed by atoms with van der Waals surface area (Å²) in [7, 11) is 0. The number of cyclic esters (lactones) is 1. The van der Waals surface area contributed by atoms with E-state index < -0.39 is 54.0 Å². The molecule has 5 atom stereocenters. The van der Waals surface area contributed by atoms with E-state index in [0.717, 1.165) is 16.5 Å². The molecule has 1 aliphatic heterocycles. The van der Waals surface area contributed by atoms with Crippen LogP contribution in [0.4, 0.5) is 0 Å². The number of aliphatic hydroxyl groups is 1. The maximum atomic E-state index is 13.5. The summed E-state index contributed by atoms with van der Waals surface area (Å²) < 4.78 is 5.53. The molecule has 0 aliphatic carbocycles. The van der Waals surface area contributed by atoms with Crippen LogP contribution < -0.4 is 16.0 Å². The van der Waals surface area contributed by atoms with Crippen molar-refractivity contribution in [2.24, 2.45) is 5.92 Å². The van der Waals surface area contributed by atoms with Crippen molar-refractivity contribution in [1.29, 1.82) is 0 Å². The van der Waals surface area contributed by atoms with E-state index in [9.17, 15) is 24.3 Å². The van der Waals surface area contributed by atoms with Gasteiger partial charge in [-0.15, -0.1) is 0 Å². The highest BCUT2D eigenvalue weighted by molar-refractivity contribution is 7.80. The molecular weight excluding hydrogens is 552 g/mol. The quantitative estimate of drug-likeness (QED) is 0.148. The van der Waals surface area contributed by atoms with Gasteiger partial charge in [-0.2, -0.15) is 25.3 Å². The first kappa shape index (κ1) is 31.6. The number of aromatic amines is 1. The molecule has 40 heavy (non-hydrogen) atoms. The van der Waals surface area contributed by atoms with Crippen molar-refractivity contribution in [2.75, 3.05) is 11.5 Å². The van der Waals surface area contributed by atoms with Crippen LogP contribution in [-0.4, -0.2) is 75.6 Å². The van der Waals surface area contributed by atoms with Gasteiger partial charge < -0.3 is 30.8 Å². The van der Waals surface area contributed by atoms with Gasteiger partial charge in [0.1, 0.15) is 18.2 Å². The van der Waals surface area contributed by atoms with E-state index in [0.29, 0.717) is 12.2 Å². The number of aromatic nitrogens is 1. The number of esters is 1. The summed E-state index contributed by atoms with van der Waals surface area (Å²) >= 11 is 8.43. The topological polar surface area (TPSA) is 150 Å². The van der Waals surface area contributed by atoms with Crippen LogP contribution in [0.25, 0.3) is 10.9 Å². The molecule has 218 valence electrons. The number of hydrogen-bond acceptors (Lipinski definition) is 8. The van der Waals surface area contributed by atoms with E-state index >= 15 is 0 Å². The lowest BCUT2D eigenvalue weighted by molar-refractivity contribution is -0.151. The smallest absolute Gasteiger partial charge is 0.309 e. The van der Waals surface area contributed by atoms with Gasteiger partial charge in [0.05, 0.1) is 25.0 Å². The standard InChI is InChI=1S/C28H38N4O6S2/c1-16(2)26-23(33)13-25(35)38-18(7-5-6-10-39)12-24(34)30-21(27(36)31-22(15-40)28(37)32-26)11-17-14-29-20-9-4-3-8-19(17)20/h3-5,7-9,14,16,18,21-23,26,29,33,39-40H,6,10-13,15H2,1-2H3,(H,30,34)(H,31,36)(H,32,37)/b7-5+/t18-,21-,22-,23+,26-/m1/s1. The average molecular weight is 591 g/mol. The molecule has 3 rings (SSSR count). The molecule has 2 aromatic rings. The summed E-state index contributed by atoms with van der Waals surface area (Å²) in [5, 5.41) is 19.9. The molecule has 0 spiro atoms. The van der Waals surface area contributed by atoms with Crippen molar-refractivity contribution < 1.29 is 29.0 Å². The van der Waals surface area contributed by atoms with Crippen LogP contribution in [0.2, 0.25) is 0 Å². The van der Waals surface area contributed by atoms with Crippen molar-refractivity contribution >= 4 is 59.9 Å². The highest BCUT2D eigenvalue weighted by Crippen LogP contribution is 2.20. The van der Waals surface area contributed by atoms with Crippen molar-refractivity contribution in [3.63, 3.8) is 0 Å². The van der Waals surface area contributed by atoms with Crippen molar-refractivity contribution in [3.05, 3.63) is 48.2 Å². The Morgan fingerprint density at radius 2 is 1.75 bits per heavy atom. The van der Waals surface area contributed by atoms with Gasteiger partial charge >= 0.3 is 5.97 Å². The number of allylic oxidation sites excluding steroid dienone is 1. The summed E-state index contributed by atoms with van der Waals surface area (Å²) in [5.74, 6) is -2.05. The lowest BCUT2D eigenvalue weighted by Gasteiger charge is -2.29. The number of aliphatic hydroxyl groups excluding tert-OH is 1. The number of para-hydroxylation sites is 1. The molecule has 0 radical (unpaired) electrons. The van der Waals surface area contributed by atoms with Crippen LogP contribution in [-0.2, 0) is 30.3 Å². The van der Waals surface area contributed by atoms with Gasteiger partial charge in [-0.3, -0.25) is 19.2 Å². The number of benzene rings is 1. The lowest BCUT2D eigenvalue weighted by Crippen LogP contribution is -2.58. The van der Waals surface area contributed by atoms with Gasteiger partial charge in [-0.05, 0) is 35.8 Å². The van der Waals surface area contributed by atoms with Gasteiger partial charge in [0.25, 0.3) is 0 Å². The SMILES string of the molecule is CC(C)[C@H]1NC(=O)[C@@H](CS)NC(=O)[C@@H](Cc2c[nH]c3ccccc23)NC(=O)C[C@@H](/C=C/CCS)OC(=O)C[C@@H]1O. The van der Waals surface area contributed by atoms with E-state index in [1.54, 1.807) is 32.2 Å². The monoisotopic (exact) mass is 590 g/mol. The summed E-state index contributed by atoms with van der Waals surface area (Å²) in [6, 6.07) is 4.73. The Bertz CT molecular complexity index is 1220. The molecule has 2 heterocycles. The first-order valence-electron chi connectivity index (χ1n) is 13.3. The number of H-pyrrole nitrogens is 1. The fourth-order valence-corrected chi connectivity index (χ4v) is 5.00. The number of amides is 3. The summed E-state index contributed by atoms with van der Waals surface area (Å²) in [4.78, 5) is 55.7. The predicted octanol–water partition coefficient (Wildman–Crippen LogP) is 1.69. The number of rotatable bonds is 7. The van der Waals surface area contributed by atoms with Gasteiger partial charge in [0, 0.05) is 29.3 Å². The highest BCUT2D eigenvalue weighted by Gasteiger charge is 2.33. The number of hydrogen-bond donors (Lipinski definition) is 7. The molecule has 3 amide bonds. The first-order valence-corrected chi connectivity index (χ1v) is 14.6. The summed E-state index contributed by atoms with van der Waals surface area (Å²) in [6.45, 7) is 3.59. The highest BCUT2D eigenvalue weighted by atomic mass is 32.1. The Balaban J connectivity index is 1.95. The third-order valence-corrected chi connectivity index (χ3v) is 7.32. The molecule has 0 saturated carbocycles. The maximum Gasteiger partial charge on any atom is 0.309 e. The number of carbonyl (C=O) groups is 4. The van der Waals surface area contributed by atoms with E-state index in [1.165, 1.54) is 0 Å². The molecule has 1 saturated heterocycles. The third kappa shape index (κ3) is 8.77. The van der Waals surface area contributed by atoms with E-state index in [2.05, 4.69) is 46.2 Å². The average Bonchev–Trinajstić information content (AvgIpc) is 3.31. The first-order chi connectivity index (χ1) is 19.1. The second-order valence-corrected chi connectivity index (χ2v) is 11.0. The molecule has 0 bridgehead atoms.